The molecule has 0 radical (unpaired) electrons. The van der Waals surface area contributed by atoms with Gasteiger partial charge in [0, 0.05) is 22.3 Å². The first-order valence-corrected chi connectivity index (χ1v) is 6.65. The van der Waals surface area contributed by atoms with Crippen LogP contribution in [-0.4, -0.2) is 21.8 Å². The van der Waals surface area contributed by atoms with Crippen molar-refractivity contribution in [1.82, 2.24) is 0 Å². The zero-order valence-electron chi connectivity index (χ0n) is 11.6. The summed E-state index contributed by atoms with van der Waals surface area (Å²) >= 11 is 0. The van der Waals surface area contributed by atoms with Gasteiger partial charge in [-0.15, -0.1) is 0 Å². The molecule has 0 saturated heterocycles. The van der Waals surface area contributed by atoms with Crippen LogP contribution in [0.3, 0.4) is 0 Å². The van der Waals surface area contributed by atoms with Gasteiger partial charge in [-0.3, -0.25) is 9.59 Å². The average Bonchev–Trinajstić information content (AvgIpc) is 2.54. The van der Waals surface area contributed by atoms with Gasteiger partial charge in [0.25, 0.3) is 0 Å². The van der Waals surface area contributed by atoms with E-state index in [0.717, 1.165) is 0 Å². The van der Waals surface area contributed by atoms with Gasteiger partial charge in [-0.05, 0) is 5.56 Å². The second-order valence-corrected chi connectivity index (χ2v) is 5.05. The molecule has 0 aliphatic heterocycles. The molecule has 0 spiro atoms. The third kappa shape index (κ3) is 1.68. The third-order valence-electron chi connectivity index (χ3n) is 3.99. The number of nitrogens with two attached hydrogens (primary N) is 2. The Kier molecular flexibility index (Phi) is 3.20. The number of ketones is 2. The predicted octanol–water partition coefficient (Wildman–Crippen LogP) is 0.611. The highest BCUT2D eigenvalue weighted by atomic mass is 16.3. The largest absolute Gasteiger partial charge is 0.397 e. The van der Waals surface area contributed by atoms with Crippen LogP contribution >= 0.6 is 0 Å². The van der Waals surface area contributed by atoms with Gasteiger partial charge in [-0.25, -0.2) is 0 Å². The summed E-state index contributed by atoms with van der Waals surface area (Å²) in [7, 11) is 0. The van der Waals surface area contributed by atoms with E-state index in [1.807, 2.05) is 0 Å². The van der Waals surface area contributed by atoms with Gasteiger partial charge in [0.1, 0.15) is 0 Å². The number of rotatable bonds is 2. The molecule has 6 nitrogen and oxygen atoms in total. The van der Waals surface area contributed by atoms with Crippen LogP contribution in [0.25, 0.3) is 0 Å². The lowest BCUT2D eigenvalue weighted by molar-refractivity contribution is 0.0977. The smallest absolute Gasteiger partial charge is 0.196 e. The van der Waals surface area contributed by atoms with Gasteiger partial charge in [0.2, 0.25) is 0 Å². The van der Waals surface area contributed by atoms with Crippen molar-refractivity contribution in [3.05, 3.63) is 57.6 Å². The summed E-state index contributed by atoms with van der Waals surface area (Å²) in [5, 5.41) is 19.1. The first-order chi connectivity index (χ1) is 10.5. The van der Waals surface area contributed by atoms with Gasteiger partial charge in [0.05, 0.1) is 30.2 Å². The number of fused-ring (bicyclic) bond motifs is 2. The number of carbonyl (C=O) groups is 2. The molecule has 0 heterocycles. The predicted molar refractivity (Wildman–Crippen MR) is 80.4 cm³/mol. The minimum atomic E-state index is -0.524. The minimum Gasteiger partial charge on any atom is -0.397 e. The van der Waals surface area contributed by atoms with Crippen molar-refractivity contribution in [2.75, 3.05) is 11.5 Å². The van der Waals surface area contributed by atoms with Gasteiger partial charge < -0.3 is 21.7 Å². The third-order valence-corrected chi connectivity index (χ3v) is 3.99. The van der Waals surface area contributed by atoms with E-state index in [1.165, 1.54) is 0 Å². The van der Waals surface area contributed by atoms with Gasteiger partial charge >= 0.3 is 0 Å². The Morgan fingerprint density at radius 1 is 0.773 bits per heavy atom. The normalized spacial score (nSPS) is 13.0. The summed E-state index contributed by atoms with van der Waals surface area (Å²) in [6.45, 7) is -1.01. The Morgan fingerprint density at radius 3 is 1.77 bits per heavy atom. The standard InChI is InChI=1S/C16H14N2O4/c17-13-10(6-20)9(5-19)11-12(14(13)18)16(22)8-4-2-1-3-7(8)15(11)21/h1-4,19-20H,5-6,17-18H2. The second kappa shape index (κ2) is 4.94. The summed E-state index contributed by atoms with van der Waals surface area (Å²) in [5.41, 5.74) is 12.6. The maximum absolute atomic E-state index is 12.7. The fraction of sp³-hybridized carbons (Fsp3) is 0.125. The molecule has 112 valence electrons. The number of benzene rings is 2. The molecule has 1 aliphatic rings. The molecule has 22 heavy (non-hydrogen) atoms. The van der Waals surface area contributed by atoms with Crippen LogP contribution in [0.2, 0.25) is 0 Å². The number of carbonyl (C=O) groups excluding carboxylic acids is 2. The Hall–Kier alpha value is -2.70. The monoisotopic (exact) mass is 298 g/mol. The summed E-state index contributed by atoms with van der Waals surface area (Å²) in [6.07, 6.45) is 0. The molecular weight excluding hydrogens is 284 g/mol. The van der Waals surface area contributed by atoms with Crippen LogP contribution in [0.15, 0.2) is 24.3 Å². The van der Waals surface area contributed by atoms with E-state index in [-0.39, 0.29) is 44.8 Å². The molecule has 0 amide bonds. The number of nitrogen functional groups attached to an aromatic ring is 2. The topological polar surface area (TPSA) is 127 Å². The number of hydrogen-bond acceptors (Lipinski definition) is 6. The maximum Gasteiger partial charge on any atom is 0.196 e. The molecule has 2 aromatic rings. The van der Waals surface area contributed by atoms with Gasteiger partial charge in [0.15, 0.2) is 11.6 Å². The summed E-state index contributed by atoms with van der Waals surface area (Å²) in [4.78, 5) is 25.4. The summed E-state index contributed by atoms with van der Waals surface area (Å²) in [5.74, 6) is -0.816. The van der Waals surface area contributed by atoms with Crippen molar-refractivity contribution in [1.29, 1.82) is 0 Å². The molecule has 1 aliphatic carbocycles. The molecular formula is C16H14N2O4. The quantitative estimate of drug-likeness (QED) is 0.513. The summed E-state index contributed by atoms with van der Waals surface area (Å²) < 4.78 is 0. The maximum atomic E-state index is 12.7. The number of aliphatic hydroxyl groups excluding tert-OH is 2. The van der Waals surface area contributed by atoms with E-state index in [0.29, 0.717) is 0 Å². The molecule has 0 aromatic heterocycles. The molecule has 0 unspecified atom stereocenters. The first-order valence-electron chi connectivity index (χ1n) is 6.65. The molecule has 0 atom stereocenters. The summed E-state index contributed by atoms with van der Waals surface area (Å²) in [6, 6.07) is 6.41. The van der Waals surface area contributed by atoms with Crippen molar-refractivity contribution in [3.8, 4) is 0 Å². The first kappa shape index (κ1) is 14.2. The lowest BCUT2D eigenvalue weighted by Gasteiger charge is -2.24. The van der Waals surface area contributed by atoms with Crippen LogP contribution in [0, 0.1) is 0 Å². The fourth-order valence-electron chi connectivity index (χ4n) is 2.89. The molecule has 3 rings (SSSR count). The van der Waals surface area contributed by atoms with E-state index < -0.39 is 24.8 Å². The highest BCUT2D eigenvalue weighted by Crippen LogP contribution is 2.39. The van der Waals surface area contributed by atoms with Crippen LogP contribution in [-0.2, 0) is 13.2 Å². The lowest BCUT2D eigenvalue weighted by atomic mass is 9.79. The highest BCUT2D eigenvalue weighted by molar-refractivity contribution is 6.31. The van der Waals surface area contributed by atoms with Crippen molar-refractivity contribution < 1.29 is 19.8 Å². The van der Waals surface area contributed by atoms with E-state index in [4.69, 9.17) is 11.5 Å². The van der Waals surface area contributed by atoms with E-state index in [9.17, 15) is 19.8 Å². The second-order valence-electron chi connectivity index (χ2n) is 5.05. The Morgan fingerprint density at radius 2 is 1.27 bits per heavy atom. The van der Waals surface area contributed by atoms with Gasteiger partial charge in [-0.2, -0.15) is 0 Å². The van der Waals surface area contributed by atoms with Crippen LogP contribution in [0.4, 0.5) is 11.4 Å². The molecule has 2 aromatic carbocycles. The zero-order chi connectivity index (χ0) is 16.0. The molecule has 6 N–H and O–H groups in total. The number of aliphatic hydroxyl groups is 2. The molecule has 0 saturated carbocycles. The zero-order valence-corrected chi connectivity index (χ0v) is 11.6. The average molecular weight is 298 g/mol. The van der Waals surface area contributed by atoms with Crippen molar-refractivity contribution in [3.63, 3.8) is 0 Å². The lowest BCUT2D eigenvalue weighted by Crippen LogP contribution is -2.26. The van der Waals surface area contributed by atoms with Crippen LogP contribution in [0.5, 0.6) is 0 Å². The highest BCUT2D eigenvalue weighted by Gasteiger charge is 2.35. The van der Waals surface area contributed by atoms with Crippen molar-refractivity contribution in [2.45, 2.75) is 13.2 Å². The Balaban J connectivity index is 2.45. The Labute approximate surface area is 126 Å². The number of hydrogen-bond donors (Lipinski definition) is 4. The van der Waals surface area contributed by atoms with E-state index in [2.05, 4.69) is 0 Å². The number of anilines is 2. The molecule has 0 fully saturated rings. The van der Waals surface area contributed by atoms with E-state index in [1.54, 1.807) is 24.3 Å². The van der Waals surface area contributed by atoms with Crippen LogP contribution < -0.4 is 11.5 Å². The minimum absolute atomic E-state index is 0.00227. The fourth-order valence-corrected chi connectivity index (χ4v) is 2.89. The van der Waals surface area contributed by atoms with Crippen LogP contribution in [0.1, 0.15) is 43.0 Å². The van der Waals surface area contributed by atoms with Crippen molar-refractivity contribution in [2.24, 2.45) is 0 Å². The molecule has 6 heteroatoms. The molecule has 0 bridgehead atoms. The SMILES string of the molecule is Nc1c(N)c2c(c(CO)c1CO)C(=O)c1ccccc1C2=O. The van der Waals surface area contributed by atoms with E-state index >= 15 is 0 Å². The van der Waals surface area contributed by atoms with Gasteiger partial charge in [-0.1, -0.05) is 24.3 Å². The van der Waals surface area contributed by atoms with Crippen molar-refractivity contribution >= 4 is 22.9 Å². The Bertz CT molecular complexity index is 827.